The predicted octanol–water partition coefficient (Wildman–Crippen LogP) is 1.18. The lowest BCUT2D eigenvalue weighted by Gasteiger charge is -2.17. The molecule has 1 heterocycles. The number of alkyl halides is 1. The third kappa shape index (κ3) is 2.96. The summed E-state index contributed by atoms with van der Waals surface area (Å²) in [5.41, 5.74) is 0.479. The highest BCUT2D eigenvalue weighted by Gasteiger charge is 2.13. The van der Waals surface area contributed by atoms with Gasteiger partial charge in [0.2, 0.25) is 0 Å². The minimum absolute atomic E-state index is 0.0615. The smallest absolute Gasteiger partial charge is 0.256 e. The van der Waals surface area contributed by atoms with E-state index in [2.05, 4.69) is 9.97 Å². The summed E-state index contributed by atoms with van der Waals surface area (Å²) in [4.78, 5) is 20.8. The number of amides is 1. The Morgan fingerprint density at radius 1 is 1.57 bits per heavy atom. The van der Waals surface area contributed by atoms with Gasteiger partial charge in [0.15, 0.2) is 0 Å². The van der Waals surface area contributed by atoms with Gasteiger partial charge in [-0.2, -0.15) is 0 Å². The number of rotatable bonds is 3. The summed E-state index contributed by atoms with van der Waals surface area (Å²) < 4.78 is 0. The van der Waals surface area contributed by atoms with Gasteiger partial charge < -0.3 is 4.90 Å². The first-order valence-electron chi connectivity index (χ1n) is 4.26. The van der Waals surface area contributed by atoms with Crippen molar-refractivity contribution in [2.45, 2.75) is 12.3 Å². The van der Waals surface area contributed by atoms with Crippen LogP contribution >= 0.6 is 11.6 Å². The molecular formula is C9H12ClN3O. The fourth-order valence-electron chi connectivity index (χ4n) is 1.09. The highest BCUT2D eigenvalue weighted by molar-refractivity contribution is 6.20. The molecular weight excluding hydrogens is 202 g/mol. The number of nitrogens with zero attached hydrogens (tertiary/aromatic N) is 3. The molecule has 1 amide bonds. The summed E-state index contributed by atoms with van der Waals surface area (Å²) in [6.07, 6.45) is 4.37. The normalized spacial score (nSPS) is 12.2. The first-order chi connectivity index (χ1) is 6.61. The third-order valence-corrected chi connectivity index (χ3v) is 1.82. The van der Waals surface area contributed by atoms with Gasteiger partial charge in [0.25, 0.3) is 5.91 Å². The standard InChI is InChI=1S/C9H12ClN3O/c1-7(10)5-13(2)9(14)8-3-11-6-12-4-8/h3-4,6-7H,5H2,1-2H3. The average Bonchev–Trinajstić information content (AvgIpc) is 2.17. The molecule has 0 spiro atoms. The molecule has 0 saturated carbocycles. The summed E-state index contributed by atoms with van der Waals surface area (Å²) in [7, 11) is 1.70. The number of halogens is 1. The Kier molecular flexibility index (Phi) is 3.83. The molecule has 0 radical (unpaired) electrons. The summed E-state index contributed by atoms with van der Waals surface area (Å²) >= 11 is 5.78. The van der Waals surface area contributed by atoms with Gasteiger partial charge >= 0.3 is 0 Å². The fraction of sp³-hybridized carbons (Fsp3) is 0.444. The van der Waals surface area contributed by atoms with Crippen molar-refractivity contribution in [1.82, 2.24) is 14.9 Å². The van der Waals surface area contributed by atoms with Crippen LogP contribution in [0.15, 0.2) is 18.7 Å². The van der Waals surface area contributed by atoms with E-state index in [9.17, 15) is 4.79 Å². The Bertz CT molecular complexity index is 302. The van der Waals surface area contributed by atoms with Gasteiger partial charge in [-0.05, 0) is 6.92 Å². The van der Waals surface area contributed by atoms with Crippen LogP contribution in [0.25, 0.3) is 0 Å². The molecule has 0 fully saturated rings. The average molecular weight is 214 g/mol. The molecule has 0 saturated heterocycles. The van der Waals surface area contributed by atoms with Crippen LogP contribution in [-0.4, -0.2) is 39.7 Å². The van der Waals surface area contributed by atoms with E-state index in [1.54, 1.807) is 11.9 Å². The van der Waals surface area contributed by atoms with E-state index in [4.69, 9.17) is 11.6 Å². The fourth-order valence-corrected chi connectivity index (χ4v) is 1.30. The molecule has 0 aromatic carbocycles. The monoisotopic (exact) mass is 213 g/mol. The third-order valence-electron chi connectivity index (χ3n) is 1.68. The van der Waals surface area contributed by atoms with Crippen LogP contribution in [0.2, 0.25) is 0 Å². The molecule has 4 nitrogen and oxygen atoms in total. The van der Waals surface area contributed by atoms with Gasteiger partial charge in [-0.15, -0.1) is 11.6 Å². The second-order valence-electron chi connectivity index (χ2n) is 3.09. The van der Waals surface area contributed by atoms with Crippen molar-refractivity contribution >= 4 is 17.5 Å². The molecule has 1 aromatic rings. The van der Waals surface area contributed by atoms with Gasteiger partial charge in [0.1, 0.15) is 6.33 Å². The first kappa shape index (κ1) is 10.9. The van der Waals surface area contributed by atoms with Gasteiger partial charge in [-0.1, -0.05) is 0 Å². The zero-order valence-electron chi connectivity index (χ0n) is 8.14. The van der Waals surface area contributed by atoms with Crippen molar-refractivity contribution in [2.75, 3.05) is 13.6 Å². The van der Waals surface area contributed by atoms with Crippen molar-refractivity contribution < 1.29 is 4.79 Å². The van der Waals surface area contributed by atoms with Crippen LogP contribution in [0.5, 0.6) is 0 Å². The van der Waals surface area contributed by atoms with Crippen LogP contribution in [-0.2, 0) is 0 Å². The number of aromatic nitrogens is 2. The summed E-state index contributed by atoms with van der Waals surface area (Å²) in [6, 6.07) is 0. The Morgan fingerprint density at radius 3 is 2.64 bits per heavy atom. The van der Waals surface area contributed by atoms with E-state index in [0.717, 1.165) is 0 Å². The Labute approximate surface area is 87.9 Å². The lowest BCUT2D eigenvalue weighted by atomic mass is 10.3. The summed E-state index contributed by atoms with van der Waals surface area (Å²) in [5, 5.41) is -0.0615. The van der Waals surface area contributed by atoms with Crippen LogP contribution < -0.4 is 0 Å². The van der Waals surface area contributed by atoms with E-state index in [0.29, 0.717) is 12.1 Å². The maximum Gasteiger partial charge on any atom is 0.256 e. The zero-order chi connectivity index (χ0) is 10.6. The van der Waals surface area contributed by atoms with Crippen LogP contribution in [0.3, 0.4) is 0 Å². The Hall–Kier alpha value is -1.16. The molecule has 1 aromatic heterocycles. The van der Waals surface area contributed by atoms with Crippen LogP contribution in [0.1, 0.15) is 17.3 Å². The molecule has 0 aliphatic rings. The quantitative estimate of drug-likeness (QED) is 0.709. The van der Waals surface area contributed by atoms with Gasteiger partial charge in [-0.3, -0.25) is 4.79 Å². The van der Waals surface area contributed by atoms with E-state index in [1.807, 2.05) is 6.92 Å². The topological polar surface area (TPSA) is 46.1 Å². The summed E-state index contributed by atoms with van der Waals surface area (Å²) in [5.74, 6) is -0.113. The highest BCUT2D eigenvalue weighted by Crippen LogP contribution is 2.02. The summed E-state index contributed by atoms with van der Waals surface area (Å²) in [6.45, 7) is 2.35. The molecule has 5 heteroatoms. The lowest BCUT2D eigenvalue weighted by molar-refractivity contribution is 0.0795. The van der Waals surface area contributed by atoms with E-state index < -0.39 is 0 Å². The van der Waals surface area contributed by atoms with Crippen LogP contribution in [0, 0.1) is 0 Å². The Morgan fingerprint density at radius 2 is 2.14 bits per heavy atom. The van der Waals surface area contributed by atoms with E-state index >= 15 is 0 Å². The molecule has 0 N–H and O–H groups in total. The maximum absolute atomic E-state index is 11.7. The molecule has 0 aliphatic carbocycles. The first-order valence-corrected chi connectivity index (χ1v) is 4.69. The zero-order valence-corrected chi connectivity index (χ0v) is 8.90. The van der Waals surface area contributed by atoms with Crippen molar-refractivity contribution in [3.05, 3.63) is 24.3 Å². The van der Waals surface area contributed by atoms with Crippen molar-refractivity contribution in [1.29, 1.82) is 0 Å². The molecule has 0 bridgehead atoms. The lowest BCUT2D eigenvalue weighted by Crippen LogP contribution is -2.31. The van der Waals surface area contributed by atoms with Crippen molar-refractivity contribution in [2.24, 2.45) is 0 Å². The minimum Gasteiger partial charge on any atom is -0.340 e. The predicted molar refractivity (Wildman–Crippen MR) is 54.3 cm³/mol. The molecule has 0 aliphatic heterocycles. The molecule has 14 heavy (non-hydrogen) atoms. The number of carbonyl (C=O) groups excluding carboxylic acids is 1. The van der Waals surface area contributed by atoms with Crippen molar-refractivity contribution in [3.8, 4) is 0 Å². The highest BCUT2D eigenvalue weighted by atomic mass is 35.5. The maximum atomic E-state index is 11.7. The number of hydrogen-bond acceptors (Lipinski definition) is 3. The van der Waals surface area contributed by atoms with E-state index in [-0.39, 0.29) is 11.3 Å². The molecule has 1 atom stereocenters. The van der Waals surface area contributed by atoms with Gasteiger partial charge in [0.05, 0.1) is 5.56 Å². The van der Waals surface area contributed by atoms with Crippen LogP contribution in [0.4, 0.5) is 0 Å². The second kappa shape index (κ2) is 4.91. The van der Waals surface area contributed by atoms with Gasteiger partial charge in [-0.25, -0.2) is 9.97 Å². The largest absolute Gasteiger partial charge is 0.340 e. The molecule has 1 rings (SSSR count). The Balaban J connectivity index is 2.66. The molecule has 76 valence electrons. The number of carbonyl (C=O) groups is 1. The van der Waals surface area contributed by atoms with Gasteiger partial charge in [0, 0.05) is 31.4 Å². The second-order valence-corrected chi connectivity index (χ2v) is 3.84. The van der Waals surface area contributed by atoms with E-state index in [1.165, 1.54) is 18.7 Å². The SMILES string of the molecule is CC(Cl)CN(C)C(=O)c1cncnc1. The molecule has 1 unspecified atom stereocenters. The number of hydrogen-bond donors (Lipinski definition) is 0. The van der Waals surface area contributed by atoms with Crippen molar-refractivity contribution in [3.63, 3.8) is 0 Å². The minimum atomic E-state index is -0.113.